The van der Waals surface area contributed by atoms with E-state index >= 15 is 0 Å². The molecule has 1 aliphatic rings. The third-order valence-corrected chi connectivity index (χ3v) is 6.50. The lowest BCUT2D eigenvalue weighted by Crippen LogP contribution is -2.35. The molecule has 0 aliphatic carbocycles. The van der Waals surface area contributed by atoms with Crippen molar-refractivity contribution >= 4 is 62.5 Å². The Morgan fingerprint density at radius 3 is 2.43 bits per heavy atom. The molecule has 0 atom stereocenters. The van der Waals surface area contributed by atoms with Crippen LogP contribution in [0.2, 0.25) is 0 Å². The molecule has 1 aliphatic heterocycles. The number of ether oxygens (including phenoxy) is 2. The summed E-state index contributed by atoms with van der Waals surface area (Å²) in [6, 6.07) is 10.6. The first-order valence-corrected chi connectivity index (χ1v) is 12.4. The fraction of sp³-hybridized carbons (Fsp3) is 0.280. The average Bonchev–Trinajstić information content (AvgIpc) is 3.03. The molecular weight excluding hydrogens is 536 g/mol. The van der Waals surface area contributed by atoms with Crippen LogP contribution in [0.3, 0.4) is 0 Å². The Morgan fingerprint density at radius 1 is 1.11 bits per heavy atom. The number of thioether (sulfide) groups is 1. The molecule has 2 aromatic carbocycles. The number of benzene rings is 2. The molecular formula is C25H25BrN2O6S. The highest BCUT2D eigenvalue weighted by atomic mass is 79.9. The van der Waals surface area contributed by atoms with Crippen LogP contribution in [0.4, 0.5) is 10.5 Å². The molecule has 1 heterocycles. The molecule has 10 heteroatoms. The van der Waals surface area contributed by atoms with Crippen LogP contribution >= 0.6 is 27.7 Å². The number of carbonyl (C=O) groups is 4. The van der Waals surface area contributed by atoms with Crippen LogP contribution in [-0.2, 0) is 19.1 Å². The summed E-state index contributed by atoms with van der Waals surface area (Å²) in [4.78, 5) is 49.9. The van der Waals surface area contributed by atoms with Gasteiger partial charge < -0.3 is 14.8 Å². The van der Waals surface area contributed by atoms with Gasteiger partial charge in [0.25, 0.3) is 17.1 Å². The highest BCUT2D eigenvalue weighted by Gasteiger charge is 2.36. The number of nitrogens with zero attached hydrogens (tertiary/aromatic N) is 1. The lowest BCUT2D eigenvalue weighted by Gasteiger charge is -2.13. The molecule has 0 unspecified atom stereocenters. The van der Waals surface area contributed by atoms with E-state index in [1.165, 1.54) is 0 Å². The normalized spacial score (nSPS) is 14.6. The molecule has 0 radical (unpaired) electrons. The first-order chi connectivity index (χ1) is 16.5. The number of rotatable bonds is 8. The van der Waals surface area contributed by atoms with Crippen LogP contribution in [-0.4, -0.2) is 47.2 Å². The summed E-state index contributed by atoms with van der Waals surface area (Å²) >= 11 is 4.21. The van der Waals surface area contributed by atoms with Crippen molar-refractivity contribution in [1.29, 1.82) is 0 Å². The van der Waals surface area contributed by atoms with E-state index in [0.717, 1.165) is 32.3 Å². The molecule has 35 heavy (non-hydrogen) atoms. The van der Waals surface area contributed by atoms with E-state index in [9.17, 15) is 19.2 Å². The summed E-state index contributed by atoms with van der Waals surface area (Å²) in [5.41, 5.74) is 3.51. The molecule has 3 rings (SSSR count). The van der Waals surface area contributed by atoms with Crippen LogP contribution in [0.1, 0.15) is 30.5 Å². The largest absolute Gasteiger partial charge is 0.484 e. The van der Waals surface area contributed by atoms with Crippen LogP contribution < -0.4 is 10.1 Å². The zero-order chi connectivity index (χ0) is 25.7. The minimum absolute atomic E-state index is 0.177. The number of amides is 3. The van der Waals surface area contributed by atoms with Gasteiger partial charge in [0, 0.05) is 4.47 Å². The topological polar surface area (TPSA) is 102 Å². The fourth-order valence-electron chi connectivity index (χ4n) is 3.09. The van der Waals surface area contributed by atoms with E-state index < -0.39 is 23.7 Å². The molecule has 184 valence electrons. The third kappa shape index (κ3) is 7.19. The summed E-state index contributed by atoms with van der Waals surface area (Å²) in [6.07, 6.45) is 1.23. The number of nitrogens with one attached hydrogen (secondary N) is 1. The highest BCUT2D eigenvalue weighted by Crippen LogP contribution is 2.32. The maximum Gasteiger partial charge on any atom is 0.326 e. The average molecular weight is 561 g/mol. The lowest BCUT2D eigenvalue weighted by molar-refractivity contribution is -0.149. The SMILES string of the molecule is Cc1cc(Br)c(NC(=O)COc2ccc(/C=C3/SC(=O)N(CC(=O)OC(C)C)C3=O)cc2)cc1C. The maximum atomic E-state index is 12.5. The van der Waals surface area contributed by atoms with Gasteiger partial charge in [-0.05, 0) is 102 Å². The summed E-state index contributed by atoms with van der Waals surface area (Å²) < 4.78 is 11.4. The molecule has 8 nitrogen and oxygen atoms in total. The number of halogens is 1. The van der Waals surface area contributed by atoms with Crippen molar-refractivity contribution in [1.82, 2.24) is 4.90 Å². The van der Waals surface area contributed by atoms with Crippen molar-refractivity contribution in [2.45, 2.75) is 33.8 Å². The lowest BCUT2D eigenvalue weighted by atomic mass is 10.1. The van der Waals surface area contributed by atoms with Crippen LogP contribution in [0.15, 0.2) is 45.8 Å². The van der Waals surface area contributed by atoms with Crippen molar-refractivity contribution in [2.75, 3.05) is 18.5 Å². The molecule has 1 saturated heterocycles. The van der Waals surface area contributed by atoms with Crippen LogP contribution in [0, 0.1) is 13.8 Å². The van der Waals surface area contributed by atoms with Gasteiger partial charge in [-0.25, -0.2) is 0 Å². The van der Waals surface area contributed by atoms with Crippen molar-refractivity contribution in [2.24, 2.45) is 0 Å². The Morgan fingerprint density at radius 2 is 1.77 bits per heavy atom. The smallest absolute Gasteiger partial charge is 0.326 e. The van der Waals surface area contributed by atoms with Gasteiger partial charge in [0.15, 0.2) is 6.61 Å². The minimum atomic E-state index is -0.640. The number of esters is 1. The van der Waals surface area contributed by atoms with Gasteiger partial charge in [-0.2, -0.15) is 0 Å². The second kappa shape index (κ2) is 11.5. The van der Waals surface area contributed by atoms with Gasteiger partial charge in [0.1, 0.15) is 12.3 Å². The first-order valence-electron chi connectivity index (χ1n) is 10.8. The molecule has 1 N–H and O–H groups in total. The van der Waals surface area contributed by atoms with E-state index in [1.807, 2.05) is 26.0 Å². The third-order valence-electron chi connectivity index (χ3n) is 4.93. The van der Waals surface area contributed by atoms with Crippen LogP contribution in [0.5, 0.6) is 5.75 Å². The summed E-state index contributed by atoms with van der Waals surface area (Å²) in [5, 5.41) is 2.29. The van der Waals surface area contributed by atoms with Gasteiger partial charge in [-0.3, -0.25) is 24.1 Å². The molecule has 1 fully saturated rings. The summed E-state index contributed by atoms with van der Waals surface area (Å²) in [7, 11) is 0. The Labute approximate surface area is 216 Å². The highest BCUT2D eigenvalue weighted by molar-refractivity contribution is 9.10. The monoisotopic (exact) mass is 560 g/mol. The number of hydrogen-bond donors (Lipinski definition) is 1. The second-order valence-electron chi connectivity index (χ2n) is 8.13. The quantitative estimate of drug-likeness (QED) is 0.355. The Hall–Kier alpha value is -3.11. The zero-order valence-corrected chi connectivity index (χ0v) is 22.1. The van der Waals surface area contributed by atoms with Crippen LogP contribution in [0.25, 0.3) is 6.08 Å². The zero-order valence-electron chi connectivity index (χ0n) is 19.7. The molecule has 0 aromatic heterocycles. The number of aryl methyl sites for hydroxylation is 2. The van der Waals surface area contributed by atoms with Gasteiger partial charge in [-0.15, -0.1) is 0 Å². The Bertz CT molecular complexity index is 1190. The minimum Gasteiger partial charge on any atom is -0.484 e. The molecule has 3 amide bonds. The standard InChI is InChI=1S/C25H25BrN2O6S/c1-14(2)34-23(30)12-28-24(31)21(35-25(28)32)11-17-5-7-18(8-6-17)33-13-22(29)27-20-10-16(4)15(3)9-19(20)26/h5-11,14H,12-13H2,1-4H3,(H,27,29)/b21-11+. The summed E-state index contributed by atoms with van der Waals surface area (Å²) in [5.74, 6) is -1.02. The summed E-state index contributed by atoms with van der Waals surface area (Å²) in [6.45, 7) is 6.74. The number of anilines is 1. The Balaban J connectivity index is 1.56. The maximum absolute atomic E-state index is 12.5. The fourth-order valence-corrected chi connectivity index (χ4v) is 4.48. The number of hydrogen-bond acceptors (Lipinski definition) is 7. The van der Waals surface area contributed by atoms with Crippen molar-refractivity contribution < 1.29 is 28.7 Å². The van der Waals surface area contributed by atoms with Gasteiger partial charge in [-0.1, -0.05) is 12.1 Å². The predicted molar refractivity (Wildman–Crippen MR) is 138 cm³/mol. The van der Waals surface area contributed by atoms with E-state index in [2.05, 4.69) is 21.2 Å². The molecule has 0 bridgehead atoms. The van der Waals surface area contributed by atoms with E-state index in [1.54, 1.807) is 44.2 Å². The van der Waals surface area contributed by atoms with Gasteiger partial charge in [0.05, 0.1) is 16.7 Å². The Kier molecular flexibility index (Phi) is 8.74. The molecule has 2 aromatic rings. The second-order valence-corrected chi connectivity index (χ2v) is 9.98. The van der Waals surface area contributed by atoms with Crippen molar-refractivity contribution in [3.8, 4) is 5.75 Å². The number of carbonyl (C=O) groups excluding carboxylic acids is 4. The van der Waals surface area contributed by atoms with E-state index in [0.29, 0.717) is 17.0 Å². The van der Waals surface area contributed by atoms with E-state index in [-0.39, 0.29) is 23.5 Å². The van der Waals surface area contributed by atoms with Gasteiger partial charge >= 0.3 is 5.97 Å². The van der Waals surface area contributed by atoms with Crippen molar-refractivity contribution in [3.05, 3.63) is 62.5 Å². The van der Waals surface area contributed by atoms with Gasteiger partial charge in [0.2, 0.25) is 0 Å². The molecule has 0 spiro atoms. The van der Waals surface area contributed by atoms with E-state index in [4.69, 9.17) is 9.47 Å². The van der Waals surface area contributed by atoms with Crippen molar-refractivity contribution in [3.63, 3.8) is 0 Å². The first kappa shape index (κ1) is 26.5. The molecule has 0 saturated carbocycles. The predicted octanol–water partition coefficient (Wildman–Crippen LogP) is 5.07. The number of imide groups is 1.